The van der Waals surface area contributed by atoms with Crippen molar-refractivity contribution in [3.05, 3.63) is 0 Å². The molecule has 4 heterocycles. The number of carbonyl (C=O) groups is 12. The van der Waals surface area contributed by atoms with Crippen LogP contribution in [0.5, 0.6) is 0 Å². The number of hydrogen-bond donors (Lipinski definition) is 3. The van der Waals surface area contributed by atoms with Crippen LogP contribution in [-0.2, 0) is 57.5 Å². The number of nitrogens with one attached hydrogen (secondary N) is 3. The summed E-state index contributed by atoms with van der Waals surface area (Å²) in [6, 6.07) is -9.53. The lowest BCUT2D eigenvalue weighted by molar-refractivity contribution is -0.182. The Labute approximate surface area is 650 Å². The van der Waals surface area contributed by atoms with Crippen molar-refractivity contribution < 1.29 is 70.7 Å². The van der Waals surface area contributed by atoms with Gasteiger partial charge >= 0.3 is 6.18 Å². The van der Waals surface area contributed by atoms with Crippen molar-refractivity contribution in [2.45, 2.75) is 311 Å². The zero-order valence-electron chi connectivity index (χ0n) is 67.0. The lowest BCUT2D eigenvalue weighted by atomic mass is 9.78. The highest BCUT2D eigenvalue weighted by molar-refractivity contribution is 6.21. The van der Waals surface area contributed by atoms with E-state index >= 15 is 43.2 Å². The molecule has 5 saturated carbocycles. The molecule has 9 fully saturated rings. The van der Waals surface area contributed by atoms with Crippen molar-refractivity contribution >= 4 is 82.5 Å². The van der Waals surface area contributed by atoms with E-state index in [-0.39, 0.29) is 113 Å². The maximum Gasteiger partial charge on any atom is 0.393 e. The Morgan fingerprint density at radius 2 is 1.15 bits per heavy atom. The first-order valence-electron chi connectivity index (χ1n) is 41.8. The normalized spacial score (nSPS) is 31.5. The van der Waals surface area contributed by atoms with Crippen molar-refractivity contribution in [1.82, 2.24) is 60.0 Å². The number of alkyl halides is 4. The monoisotopic (exact) mass is 1550 g/mol. The molecular formula is C81H130ClF3N12O12. The molecule has 24 nitrogen and oxygen atoms in total. The minimum Gasteiger partial charge on any atom is -0.343 e. The molecule has 13 atom stereocenters. The van der Waals surface area contributed by atoms with Gasteiger partial charge in [0.2, 0.25) is 70.9 Å². The molecule has 0 aromatic heterocycles. The number of piperidine rings is 1. The lowest BCUT2D eigenvalue weighted by Crippen LogP contribution is -2.65. The Bertz CT molecular complexity index is 3190. The Hall–Kier alpha value is -6.28. The van der Waals surface area contributed by atoms with Crippen LogP contribution < -0.4 is 16.0 Å². The third-order valence-corrected chi connectivity index (χ3v) is 27.3. The molecule has 9 rings (SSSR count). The fraction of sp³-hybridized carbons (Fsp3) is 0.852. The second-order valence-corrected chi connectivity index (χ2v) is 35.5. The van der Waals surface area contributed by atoms with Crippen molar-refractivity contribution in [2.75, 3.05) is 81.6 Å². The summed E-state index contributed by atoms with van der Waals surface area (Å²) in [5, 5.41) is 7.95. The van der Waals surface area contributed by atoms with Gasteiger partial charge < -0.3 is 60.0 Å². The summed E-state index contributed by atoms with van der Waals surface area (Å²) in [4.78, 5) is 197. The van der Waals surface area contributed by atoms with E-state index in [1.54, 1.807) is 18.9 Å². The van der Waals surface area contributed by atoms with Gasteiger partial charge in [-0.25, -0.2) is 0 Å². The third kappa shape index (κ3) is 21.3. The van der Waals surface area contributed by atoms with Crippen LogP contribution in [0.25, 0.3) is 0 Å². The van der Waals surface area contributed by atoms with Crippen LogP contribution in [-0.4, -0.2) is 262 Å². The fourth-order valence-electron chi connectivity index (χ4n) is 19.9. The molecule has 109 heavy (non-hydrogen) atoms. The Morgan fingerprint density at radius 3 is 1.75 bits per heavy atom. The van der Waals surface area contributed by atoms with Gasteiger partial charge in [0.15, 0.2) is 0 Å². The molecule has 0 aromatic carbocycles. The highest BCUT2D eigenvalue weighted by Crippen LogP contribution is 2.45. The lowest BCUT2D eigenvalue weighted by Gasteiger charge is -2.43. The molecule has 9 aliphatic rings. The summed E-state index contributed by atoms with van der Waals surface area (Å²) in [6.45, 7) is 7.48. The predicted octanol–water partition coefficient (Wildman–Crippen LogP) is 8.82. The molecule has 12 amide bonds. The van der Waals surface area contributed by atoms with E-state index in [9.17, 15) is 27.6 Å². The Kier molecular flexibility index (Phi) is 31.0. The molecule has 3 unspecified atom stereocenters. The smallest absolute Gasteiger partial charge is 0.343 e. The van der Waals surface area contributed by atoms with Gasteiger partial charge in [-0.15, -0.1) is 11.6 Å². The third-order valence-electron chi connectivity index (χ3n) is 26.9. The molecule has 4 aliphatic heterocycles. The van der Waals surface area contributed by atoms with Crippen molar-refractivity contribution in [3.63, 3.8) is 0 Å². The van der Waals surface area contributed by atoms with Crippen LogP contribution in [0.1, 0.15) is 246 Å². The second kappa shape index (κ2) is 39.0. The summed E-state index contributed by atoms with van der Waals surface area (Å²) < 4.78 is 42.7. The Balaban J connectivity index is 1.11. The van der Waals surface area contributed by atoms with Crippen LogP contribution in [0.3, 0.4) is 0 Å². The van der Waals surface area contributed by atoms with E-state index in [0.717, 1.165) is 89.9 Å². The number of nitrogens with zero attached hydrogens (tertiary/aromatic N) is 9. The van der Waals surface area contributed by atoms with Crippen molar-refractivity contribution in [3.8, 4) is 0 Å². The van der Waals surface area contributed by atoms with Crippen LogP contribution in [0.4, 0.5) is 13.2 Å². The quantitative estimate of drug-likeness (QED) is 0.155. The van der Waals surface area contributed by atoms with Crippen molar-refractivity contribution in [2.24, 2.45) is 47.3 Å². The molecule has 5 aliphatic carbocycles. The number of halogens is 4. The van der Waals surface area contributed by atoms with E-state index in [1.807, 2.05) is 20.8 Å². The van der Waals surface area contributed by atoms with E-state index in [1.165, 1.54) is 74.4 Å². The van der Waals surface area contributed by atoms with Gasteiger partial charge in [0.25, 0.3) is 0 Å². The number of rotatable bonds is 12. The first-order valence-corrected chi connectivity index (χ1v) is 42.3. The maximum atomic E-state index is 16.1. The van der Waals surface area contributed by atoms with E-state index < -0.39 is 174 Å². The van der Waals surface area contributed by atoms with Gasteiger partial charge in [0.1, 0.15) is 53.9 Å². The van der Waals surface area contributed by atoms with Gasteiger partial charge in [-0.1, -0.05) is 130 Å². The number of amides is 12. The van der Waals surface area contributed by atoms with Gasteiger partial charge in [-0.05, 0) is 151 Å². The number of hydrogen-bond acceptors (Lipinski definition) is 12. The highest BCUT2D eigenvalue weighted by Gasteiger charge is 2.54. The van der Waals surface area contributed by atoms with Gasteiger partial charge in [0, 0.05) is 73.8 Å². The molecule has 3 N–H and O–H groups in total. The molecule has 0 radical (unpaired) electrons. The average molecular weight is 1560 g/mol. The van der Waals surface area contributed by atoms with Gasteiger partial charge in [0.05, 0.1) is 25.4 Å². The van der Waals surface area contributed by atoms with Gasteiger partial charge in [-0.2, -0.15) is 13.2 Å². The predicted molar refractivity (Wildman–Crippen MR) is 407 cm³/mol. The maximum absolute atomic E-state index is 16.1. The summed E-state index contributed by atoms with van der Waals surface area (Å²) in [7, 11) is 8.96. The van der Waals surface area contributed by atoms with Gasteiger partial charge in [-0.3, -0.25) is 57.5 Å². The number of likely N-dealkylation sites (tertiary alicyclic amines) is 1. The first-order chi connectivity index (χ1) is 51.7. The molecule has 0 aromatic rings. The zero-order chi connectivity index (χ0) is 79.3. The number of fused-ring (bicyclic) bond motifs is 2. The van der Waals surface area contributed by atoms with Crippen LogP contribution in [0.2, 0.25) is 0 Å². The topological polar surface area (TPSA) is 270 Å². The number of carbonyl (C=O) groups excluding carboxylic acids is 12. The minimum absolute atomic E-state index is 0.00964. The minimum atomic E-state index is -4.51. The largest absolute Gasteiger partial charge is 0.393 e. The average Bonchev–Trinajstić information content (AvgIpc) is 1.73. The van der Waals surface area contributed by atoms with E-state index in [0.29, 0.717) is 64.5 Å². The molecule has 0 bridgehead atoms. The van der Waals surface area contributed by atoms with Crippen LogP contribution in [0, 0.1) is 47.3 Å². The molecule has 4 saturated heterocycles. The van der Waals surface area contributed by atoms with Crippen LogP contribution in [0.15, 0.2) is 0 Å². The molecule has 614 valence electrons. The summed E-state index contributed by atoms with van der Waals surface area (Å²) in [5.74, 6) is -10.0. The molecule has 1 spiro atoms. The number of likely N-dealkylation sites (N-methyl/N-ethyl adjacent to an activating group) is 6. The summed E-state index contributed by atoms with van der Waals surface area (Å²) in [5.41, 5.74) is -1.56. The highest BCUT2D eigenvalue weighted by atomic mass is 35.5. The molecule has 28 heteroatoms. The van der Waals surface area contributed by atoms with Crippen LogP contribution >= 0.6 is 11.6 Å². The summed E-state index contributed by atoms with van der Waals surface area (Å²) >= 11 is 6.52. The SMILES string of the molecule is CC[C@H](C)[C@@H]1NC(=O)[C@H](CC(C)C)N(C)C(=O)C[C@@H](C(=O)N2CCCCC2)N(C)C(=O)[C@H](C2CCCCC2)N(C)C(=O)C2(CCCC2)NC(=O)[C@@H]2C[C@H](C3CCCCC3)CN2C(=O)[C@H](CCC2CCC(C(F)(F)F)C(Cl)C2)NC(=O)CN(C)C(=O)[C@H](CC2CCCCC2)N(C)C(=O)[C@@H]2CCCN2C(=O)CN(C)C1=O. The first kappa shape index (κ1) is 86.7. The second-order valence-electron chi connectivity index (χ2n) is 34.9. The zero-order valence-corrected chi connectivity index (χ0v) is 67.8. The van der Waals surface area contributed by atoms with E-state index in [2.05, 4.69) is 16.0 Å². The molecular weight excluding hydrogens is 1430 g/mol. The van der Waals surface area contributed by atoms with E-state index in [4.69, 9.17) is 11.6 Å². The summed E-state index contributed by atoms with van der Waals surface area (Å²) in [6.07, 6.45) is 13.2. The standard InChI is InChI=1S/C81H130ClF3N12O12/c1-11-52(4)69-77(107)90(6)50-68(100)96-42-26-33-61(96)75(105)92(8)64(45-53-27-16-12-17-28-53)74(104)89(5)49-66(98)86-60(37-35-54-34-36-58(59(82)44-54)81(83,84)85)73(103)97-48-57(55-29-18-13-19-30-55)46-63(97)72(102)88-80(38-22-23-39-80)79(109)94(10)70(56-31-20-14-21-32-56)78(108)93(9)65(76(106)95-40-24-15-25-41-95)47-67(99)91(7)62(43-51(2)3)71(101)87-69/h51-65,69-70H,11-50H2,1-10H3,(H,86,98)(H,87,101)(H,88,102)/t52-,54?,57-,58?,59?,60-,61-,62-,63-,64-,65-,69-,70-/m0/s1. The Morgan fingerprint density at radius 1 is 0.541 bits per heavy atom. The van der Waals surface area contributed by atoms with Crippen molar-refractivity contribution in [1.29, 1.82) is 0 Å². The fourth-order valence-corrected chi connectivity index (χ4v) is 20.5.